The van der Waals surface area contributed by atoms with Gasteiger partial charge in [-0.05, 0) is 49.3 Å². The minimum atomic E-state index is -0.0561. The maximum Gasteiger partial charge on any atom is 0.262 e. The van der Waals surface area contributed by atoms with Crippen molar-refractivity contribution in [3.05, 3.63) is 57.3 Å². The summed E-state index contributed by atoms with van der Waals surface area (Å²) in [5.74, 6) is 1.50. The monoisotopic (exact) mass is 405 g/mol. The average Bonchev–Trinajstić information content (AvgIpc) is 3.45. The second kappa shape index (κ2) is 7.65. The van der Waals surface area contributed by atoms with Crippen molar-refractivity contribution in [3.8, 4) is 0 Å². The second-order valence-corrected chi connectivity index (χ2v) is 9.35. The van der Waals surface area contributed by atoms with E-state index in [2.05, 4.69) is 54.0 Å². The molecule has 1 aliphatic heterocycles. The summed E-state index contributed by atoms with van der Waals surface area (Å²) in [7, 11) is 0. The van der Waals surface area contributed by atoms with Crippen LogP contribution in [0.2, 0.25) is 0 Å². The van der Waals surface area contributed by atoms with Crippen molar-refractivity contribution in [1.82, 2.24) is 24.6 Å². The van der Waals surface area contributed by atoms with Crippen LogP contribution in [0.15, 0.2) is 29.2 Å². The van der Waals surface area contributed by atoms with E-state index in [9.17, 15) is 4.79 Å². The van der Waals surface area contributed by atoms with Gasteiger partial charge >= 0.3 is 0 Å². The van der Waals surface area contributed by atoms with Gasteiger partial charge in [-0.1, -0.05) is 38.0 Å². The van der Waals surface area contributed by atoms with Gasteiger partial charge in [0.15, 0.2) is 5.65 Å². The number of H-pyrrole nitrogens is 1. The molecule has 6 nitrogen and oxygen atoms in total. The molecule has 1 saturated carbocycles. The molecule has 3 aromatic rings. The van der Waals surface area contributed by atoms with E-state index in [0.717, 1.165) is 43.9 Å². The number of aryl methyl sites for hydroxylation is 1. The molecular weight excluding hydrogens is 374 g/mol. The smallest absolute Gasteiger partial charge is 0.262 e. The summed E-state index contributed by atoms with van der Waals surface area (Å²) in [5, 5.41) is 5.15. The van der Waals surface area contributed by atoms with Gasteiger partial charge in [0.05, 0.1) is 12.2 Å². The summed E-state index contributed by atoms with van der Waals surface area (Å²) in [6.07, 6.45) is 6.41. The number of benzene rings is 1. The Morgan fingerprint density at radius 3 is 2.77 bits per heavy atom. The lowest BCUT2D eigenvalue weighted by atomic mass is 9.97. The van der Waals surface area contributed by atoms with E-state index in [-0.39, 0.29) is 11.5 Å². The molecule has 0 bridgehead atoms. The topological polar surface area (TPSA) is 66.8 Å². The van der Waals surface area contributed by atoms with Crippen molar-refractivity contribution >= 4 is 11.0 Å². The van der Waals surface area contributed by atoms with Crippen molar-refractivity contribution < 1.29 is 0 Å². The lowest BCUT2D eigenvalue weighted by Gasteiger charge is -2.18. The van der Waals surface area contributed by atoms with Crippen molar-refractivity contribution in [3.63, 3.8) is 0 Å². The number of fused-ring (bicyclic) bond motifs is 1. The molecule has 2 aliphatic rings. The molecule has 30 heavy (non-hydrogen) atoms. The van der Waals surface area contributed by atoms with Gasteiger partial charge in [0.25, 0.3) is 5.56 Å². The Bertz CT molecular complexity index is 1120. The first kappa shape index (κ1) is 19.5. The molecule has 2 aromatic heterocycles. The second-order valence-electron chi connectivity index (χ2n) is 9.35. The molecule has 0 unspecified atom stereocenters. The van der Waals surface area contributed by atoms with E-state index >= 15 is 0 Å². The molecule has 5 rings (SSSR count). The fraction of sp³-hybridized carbons (Fsp3) is 0.542. The first-order valence-corrected chi connectivity index (χ1v) is 11.3. The van der Waals surface area contributed by atoms with Gasteiger partial charge in [0.1, 0.15) is 11.2 Å². The van der Waals surface area contributed by atoms with Crippen molar-refractivity contribution in [2.24, 2.45) is 5.92 Å². The molecule has 3 heterocycles. The Morgan fingerprint density at radius 1 is 1.17 bits per heavy atom. The minimum Gasteiger partial charge on any atom is -0.310 e. The van der Waals surface area contributed by atoms with Crippen LogP contribution < -0.4 is 5.56 Å². The maximum atomic E-state index is 12.8. The molecule has 6 heteroatoms. The molecule has 1 aliphatic carbocycles. The van der Waals surface area contributed by atoms with Gasteiger partial charge in [0.2, 0.25) is 0 Å². The number of rotatable bonds is 4. The first-order chi connectivity index (χ1) is 14.5. The van der Waals surface area contributed by atoms with Gasteiger partial charge in [-0.25, -0.2) is 9.67 Å². The lowest BCUT2D eigenvalue weighted by Crippen LogP contribution is -2.22. The largest absolute Gasteiger partial charge is 0.310 e. The highest BCUT2D eigenvalue weighted by Gasteiger charge is 2.33. The van der Waals surface area contributed by atoms with Gasteiger partial charge in [-0.15, -0.1) is 0 Å². The standard InChI is InChI=1S/C24H31N5O/c1-15-7-6-8-18(17(15)3)13-28-12-16(2)21(14-28)22-26-23-20(24(30)27-22)11-25-29(23)19-9-4-5-10-19/h6-8,11,16,19,21H,4-5,9-10,12-14H2,1-3H3,(H,26,27,30)/t16-,21-/m1/s1. The summed E-state index contributed by atoms with van der Waals surface area (Å²) in [6, 6.07) is 6.93. The SMILES string of the molecule is Cc1cccc(CN2C[C@@H](C)[C@H](c3nc4c(cnn4C4CCCC4)c(=O)[nH]3)C2)c1C. The quantitative estimate of drug-likeness (QED) is 0.710. The Morgan fingerprint density at radius 2 is 1.97 bits per heavy atom. The molecule has 1 aromatic carbocycles. The third-order valence-corrected chi connectivity index (χ3v) is 7.30. The summed E-state index contributed by atoms with van der Waals surface area (Å²) < 4.78 is 2.01. The molecule has 0 amide bonds. The van der Waals surface area contributed by atoms with Crippen LogP contribution in [0.25, 0.3) is 11.0 Å². The molecule has 2 fully saturated rings. The third-order valence-electron chi connectivity index (χ3n) is 7.30. The normalized spacial score (nSPS) is 23.0. The van der Waals surface area contributed by atoms with Crippen LogP contribution in [0.1, 0.15) is 67.1 Å². The molecular formula is C24H31N5O. The third kappa shape index (κ3) is 3.37. The molecule has 1 saturated heterocycles. The lowest BCUT2D eigenvalue weighted by molar-refractivity contribution is 0.317. The van der Waals surface area contributed by atoms with Crippen molar-refractivity contribution in [2.75, 3.05) is 13.1 Å². The fourth-order valence-electron chi connectivity index (χ4n) is 5.32. The van der Waals surface area contributed by atoms with Crippen LogP contribution in [0, 0.1) is 19.8 Å². The highest BCUT2D eigenvalue weighted by atomic mass is 16.1. The number of hydrogen-bond acceptors (Lipinski definition) is 4. The van der Waals surface area contributed by atoms with Crippen LogP contribution in [0.5, 0.6) is 0 Å². The van der Waals surface area contributed by atoms with Crippen LogP contribution in [0.3, 0.4) is 0 Å². The number of nitrogens with one attached hydrogen (secondary N) is 1. The maximum absolute atomic E-state index is 12.8. The van der Waals surface area contributed by atoms with Gasteiger partial charge in [-0.2, -0.15) is 5.10 Å². The van der Waals surface area contributed by atoms with Crippen LogP contribution in [0.4, 0.5) is 0 Å². The number of aromatic amines is 1. The Kier molecular flexibility index (Phi) is 4.97. The van der Waals surface area contributed by atoms with Gasteiger partial charge in [-0.3, -0.25) is 9.69 Å². The highest BCUT2D eigenvalue weighted by Crippen LogP contribution is 2.33. The van der Waals surface area contributed by atoms with Crippen LogP contribution in [-0.2, 0) is 6.54 Å². The van der Waals surface area contributed by atoms with Crippen molar-refractivity contribution in [1.29, 1.82) is 0 Å². The Balaban J connectivity index is 1.43. The van der Waals surface area contributed by atoms with E-state index in [4.69, 9.17) is 4.98 Å². The van der Waals surface area contributed by atoms with Crippen LogP contribution in [-0.4, -0.2) is 37.7 Å². The zero-order chi connectivity index (χ0) is 20.8. The number of likely N-dealkylation sites (tertiary alicyclic amines) is 1. The van der Waals surface area contributed by atoms with Crippen molar-refractivity contribution in [2.45, 2.75) is 65.0 Å². The number of hydrogen-bond donors (Lipinski definition) is 1. The van der Waals surface area contributed by atoms with E-state index in [1.165, 1.54) is 29.5 Å². The Hall–Kier alpha value is -2.47. The predicted molar refractivity (Wildman–Crippen MR) is 119 cm³/mol. The van der Waals surface area contributed by atoms with E-state index in [1.54, 1.807) is 6.20 Å². The minimum absolute atomic E-state index is 0.0561. The molecule has 0 spiro atoms. The zero-order valence-electron chi connectivity index (χ0n) is 18.2. The summed E-state index contributed by atoms with van der Waals surface area (Å²) >= 11 is 0. The van der Waals surface area contributed by atoms with E-state index in [0.29, 0.717) is 17.3 Å². The fourth-order valence-corrected chi connectivity index (χ4v) is 5.32. The molecule has 158 valence electrons. The zero-order valence-corrected chi connectivity index (χ0v) is 18.2. The molecule has 0 radical (unpaired) electrons. The number of aromatic nitrogens is 4. The van der Waals surface area contributed by atoms with Crippen LogP contribution >= 0.6 is 0 Å². The molecule has 1 N–H and O–H groups in total. The average molecular weight is 406 g/mol. The number of nitrogens with zero attached hydrogens (tertiary/aromatic N) is 4. The van der Waals surface area contributed by atoms with Gasteiger partial charge in [0, 0.05) is 25.6 Å². The molecule has 2 atom stereocenters. The summed E-state index contributed by atoms with van der Waals surface area (Å²) in [5.41, 5.74) is 4.81. The highest BCUT2D eigenvalue weighted by molar-refractivity contribution is 5.73. The summed E-state index contributed by atoms with van der Waals surface area (Å²) in [4.78, 5) is 23.3. The Labute approximate surface area is 177 Å². The predicted octanol–water partition coefficient (Wildman–Crippen LogP) is 4.09. The summed E-state index contributed by atoms with van der Waals surface area (Å²) in [6.45, 7) is 9.53. The first-order valence-electron chi connectivity index (χ1n) is 11.3. The van der Waals surface area contributed by atoms with E-state index in [1.807, 2.05) is 4.68 Å². The van der Waals surface area contributed by atoms with E-state index < -0.39 is 0 Å². The van der Waals surface area contributed by atoms with Gasteiger partial charge < -0.3 is 4.98 Å².